The average Bonchev–Trinajstić information content (AvgIpc) is 2.80. The van der Waals surface area contributed by atoms with E-state index in [4.69, 9.17) is 19.3 Å². The van der Waals surface area contributed by atoms with Gasteiger partial charge in [0.05, 0.1) is 14.2 Å². The van der Waals surface area contributed by atoms with Crippen LogP contribution in [-0.4, -0.2) is 37.2 Å². The van der Waals surface area contributed by atoms with Gasteiger partial charge in [-0.1, -0.05) is 44.0 Å². The molecule has 182 valence electrons. The van der Waals surface area contributed by atoms with E-state index >= 15 is 0 Å². The van der Waals surface area contributed by atoms with Crippen molar-refractivity contribution < 1.29 is 38.4 Å². The van der Waals surface area contributed by atoms with Gasteiger partial charge in [-0.15, -0.1) is 0 Å². The summed E-state index contributed by atoms with van der Waals surface area (Å²) in [6.45, 7) is 14.6. The molecule has 0 radical (unpaired) electrons. The molecule has 0 aliphatic heterocycles. The predicted molar refractivity (Wildman–Crippen MR) is 129 cm³/mol. The van der Waals surface area contributed by atoms with Crippen LogP contribution in [0.3, 0.4) is 0 Å². The molecular weight excluding hydrogens is 440 g/mol. The maximum atomic E-state index is 11.2. The molecule has 0 aliphatic carbocycles. The standard InChI is InChI=1S/C11H12O3.C8H10O3.C7H8O2/c1-8(2)11(12)14-10-7-5-4-6-9(10)13-3;1-5(2)7(9)11-8(10)6(3)4;1-9-7-5-3-2-4-6(7)8/h4-7H,1H2,2-3H3;1,3H2,2,4H3;2-5,8H,1H3. The van der Waals surface area contributed by atoms with Crippen molar-refractivity contribution >= 4 is 17.9 Å². The first kappa shape index (κ1) is 29.7. The van der Waals surface area contributed by atoms with Crippen molar-refractivity contribution in [2.24, 2.45) is 0 Å². The molecule has 1 N–H and O–H groups in total. The second kappa shape index (κ2) is 15.5. The summed E-state index contributed by atoms with van der Waals surface area (Å²) < 4.78 is 19.1. The highest BCUT2D eigenvalue weighted by Crippen LogP contribution is 2.26. The number of methoxy groups -OCH3 is 2. The first-order valence-corrected chi connectivity index (χ1v) is 9.84. The van der Waals surface area contributed by atoms with E-state index in [2.05, 4.69) is 24.5 Å². The number of phenolic OH excluding ortho intramolecular Hbond substituents is 1. The lowest BCUT2D eigenvalue weighted by molar-refractivity contribution is -0.153. The lowest BCUT2D eigenvalue weighted by Gasteiger charge is -2.07. The number of esters is 3. The highest BCUT2D eigenvalue weighted by Gasteiger charge is 2.10. The van der Waals surface area contributed by atoms with Crippen LogP contribution < -0.4 is 14.2 Å². The third-order valence-corrected chi connectivity index (χ3v) is 3.59. The fourth-order valence-corrected chi connectivity index (χ4v) is 1.78. The van der Waals surface area contributed by atoms with E-state index in [9.17, 15) is 14.4 Å². The number of ether oxygens (including phenoxy) is 4. The molecule has 0 fully saturated rings. The molecule has 0 spiro atoms. The van der Waals surface area contributed by atoms with Gasteiger partial charge in [0, 0.05) is 16.7 Å². The largest absolute Gasteiger partial charge is 0.504 e. The maximum Gasteiger partial charge on any atom is 0.340 e. The molecular formula is C26H30O8. The van der Waals surface area contributed by atoms with Crippen LogP contribution in [0.2, 0.25) is 0 Å². The highest BCUT2D eigenvalue weighted by molar-refractivity contribution is 6.00. The van der Waals surface area contributed by atoms with Gasteiger partial charge in [0.2, 0.25) is 0 Å². The second-order valence-electron chi connectivity index (χ2n) is 6.73. The molecule has 0 heterocycles. The summed E-state index contributed by atoms with van der Waals surface area (Å²) in [7, 11) is 3.04. The van der Waals surface area contributed by atoms with Crippen LogP contribution in [0.1, 0.15) is 20.8 Å². The number of benzene rings is 2. The molecule has 0 saturated carbocycles. The van der Waals surface area contributed by atoms with Gasteiger partial charge in [-0.3, -0.25) is 0 Å². The number of hydrogen-bond acceptors (Lipinski definition) is 8. The Morgan fingerprint density at radius 1 is 0.647 bits per heavy atom. The Morgan fingerprint density at radius 2 is 1.03 bits per heavy atom. The van der Waals surface area contributed by atoms with Crippen molar-refractivity contribution in [2.75, 3.05) is 14.2 Å². The van der Waals surface area contributed by atoms with Crippen LogP contribution >= 0.6 is 0 Å². The van der Waals surface area contributed by atoms with Crippen LogP contribution in [0.5, 0.6) is 23.0 Å². The minimum absolute atomic E-state index is 0.181. The van der Waals surface area contributed by atoms with Gasteiger partial charge in [-0.2, -0.15) is 0 Å². The highest BCUT2D eigenvalue weighted by atomic mass is 16.6. The van der Waals surface area contributed by atoms with Crippen molar-refractivity contribution in [3.05, 3.63) is 85.0 Å². The normalized spacial score (nSPS) is 8.97. The third-order valence-electron chi connectivity index (χ3n) is 3.59. The summed E-state index contributed by atoms with van der Waals surface area (Å²) in [6.07, 6.45) is 0. The van der Waals surface area contributed by atoms with Gasteiger partial charge in [-0.05, 0) is 45.0 Å². The quantitative estimate of drug-likeness (QED) is 0.278. The number of carbonyl (C=O) groups excluding carboxylic acids is 3. The van der Waals surface area contributed by atoms with Crippen LogP contribution in [0.15, 0.2) is 85.0 Å². The van der Waals surface area contributed by atoms with E-state index < -0.39 is 17.9 Å². The number of para-hydroxylation sites is 4. The summed E-state index contributed by atoms with van der Waals surface area (Å²) in [5.74, 6) is -0.242. The lowest BCUT2D eigenvalue weighted by atomic mass is 10.3. The van der Waals surface area contributed by atoms with Crippen molar-refractivity contribution in [3.63, 3.8) is 0 Å². The Morgan fingerprint density at radius 3 is 1.38 bits per heavy atom. The molecule has 0 aliphatic rings. The summed E-state index contributed by atoms with van der Waals surface area (Å²) in [5, 5.41) is 8.99. The zero-order valence-corrected chi connectivity index (χ0v) is 20.0. The first-order valence-electron chi connectivity index (χ1n) is 9.84. The minimum Gasteiger partial charge on any atom is -0.504 e. The fraction of sp³-hybridized carbons (Fsp3) is 0.192. The Bertz CT molecular complexity index is 1010. The molecule has 0 atom stereocenters. The molecule has 34 heavy (non-hydrogen) atoms. The van der Waals surface area contributed by atoms with Crippen LogP contribution in [0.25, 0.3) is 0 Å². The maximum absolute atomic E-state index is 11.2. The molecule has 8 nitrogen and oxygen atoms in total. The Kier molecular flexibility index (Phi) is 13.5. The van der Waals surface area contributed by atoms with Crippen molar-refractivity contribution in [1.82, 2.24) is 0 Å². The Hall–Kier alpha value is -4.33. The fourth-order valence-electron chi connectivity index (χ4n) is 1.78. The minimum atomic E-state index is -0.710. The number of carbonyl (C=O) groups is 3. The molecule has 0 unspecified atom stereocenters. The molecule has 2 aromatic rings. The van der Waals surface area contributed by atoms with E-state index in [1.54, 1.807) is 55.5 Å². The molecule has 0 aromatic heterocycles. The predicted octanol–water partition coefficient (Wildman–Crippen LogP) is 4.79. The topological polar surface area (TPSA) is 108 Å². The Labute approximate surface area is 199 Å². The van der Waals surface area contributed by atoms with Gasteiger partial charge < -0.3 is 24.1 Å². The molecule has 2 aromatic carbocycles. The van der Waals surface area contributed by atoms with E-state index in [-0.39, 0.29) is 16.9 Å². The summed E-state index contributed by atoms with van der Waals surface area (Å²) in [6, 6.07) is 13.8. The Balaban J connectivity index is 0.000000493. The molecule has 8 heteroatoms. The SMILES string of the molecule is C=C(C)C(=O)OC(=O)C(=C)C.C=C(C)C(=O)Oc1ccccc1OC.COc1ccccc1O. The molecule has 0 amide bonds. The second-order valence-corrected chi connectivity index (χ2v) is 6.73. The van der Waals surface area contributed by atoms with Crippen LogP contribution in [0.4, 0.5) is 0 Å². The monoisotopic (exact) mass is 470 g/mol. The van der Waals surface area contributed by atoms with Crippen molar-refractivity contribution in [2.45, 2.75) is 20.8 Å². The van der Waals surface area contributed by atoms with Gasteiger partial charge in [0.1, 0.15) is 0 Å². The summed E-state index contributed by atoms with van der Waals surface area (Å²) >= 11 is 0. The number of aromatic hydroxyl groups is 1. The van der Waals surface area contributed by atoms with E-state index in [1.807, 2.05) is 0 Å². The van der Waals surface area contributed by atoms with Crippen LogP contribution in [0, 0.1) is 0 Å². The summed E-state index contributed by atoms with van der Waals surface area (Å²) in [5.41, 5.74) is 0.745. The third kappa shape index (κ3) is 11.3. The van der Waals surface area contributed by atoms with E-state index in [0.29, 0.717) is 22.8 Å². The number of hydrogen-bond donors (Lipinski definition) is 1. The average molecular weight is 471 g/mol. The molecule has 0 bridgehead atoms. The van der Waals surface area contributed by atoms with Crippen molar-refractivity contribution in [3.8, 4) is 23.0 Å². The van der Waals surface area contributed by atoms with E-state index in [1.165, 1.54) is 28.1 Å². The molecule has 0 saturated heterocycles. The number of rotatable bonds is 6. The smallest absolute Gasteiger partial charge is 0.340 e. The van der Waals surface area contributed by atoms with Gasteiger partial charge in [-0.25, -0.2) is 14.4 Å². The van der Waals surface area contributed by atoms with Crippen molar-refractivity contribution in [1.29, 1.82) is 0 Å². The van der Waals surface area contributed by atoms with Crippen LogP contribution in [-0.2, 0) is 19.1 Å². The molecule has 2 rings (SSSR count). The van der Waals surface area contributed by atoms with E-state index in [0.717, 1.165) is 0 Å². The van der Waals surface area contributed by atoms with Gasteiger partial charge in [0.25, 0.3) is 0 Å². The first-order chi connectivity index (χ1) is 15.9. The van der Waals surface area contributed by atoms with Gasteiger partial charge >= 0.3 is 17.9 Å². The zero-order valence-electron chi connectivity index (χ0n) is 20.0. The zero-order chi connectivity index (χ0) is 26.3. The number of phenols is 1. The summed E-state index contributed by atoms with van der Waals surface area (Å²) in [4.78, 5) is 32.6. The lowest BCUT2D eigenvalue weighted by Crippen LogP contribution is -2.12. The van der Waals surface area contributed by atoms with Gasteiger partial charge in [0.15, 0.2) is 23.0 Å².